The summed E-state index contributed by atoms with van der Waals surface area (Å²) in [4.78, 5) is 8.41. The van der Waals surface area contributed by atoms with Crippen molar-refractivity contribution in [3.8, 4) is 0 Å². The van der Waals surface area contributed by atoms with Crippen molar-refractivity contribution in [3.05, 3.63) is 58.1 Å². The number of nitrogens with zero attached hydrogens (tertiary/aromatic N) is 2. The summed E-state index contributed by atoms with van der Waals surface area (Å²) in [5.74, 6) is 0.730. The molecule has 0 saturated heterocycles. The first-order chi connectivity index (χ1) is 7.78. The number of benzene rings is 1. The second-order valence-corrected chi connectivity index (χ2v) is 4.34. The lowest BCUT2D eigenvalue weighted by atomic mass is 10.1. The molecule has 4 heteroatoms. The third-order valence-corrected chi connectivity index (χ3v) is 2.73. The minimum absolute atomic E-state index is 0.0458. The molecule has 0 amide bonds. The van der Waals surface area contributed by atoms with Gasteiger partial charge in [-0.05, 0) is 23.8 Å². The van der Waals surface area contributed by atoms with Gasteiger partial charge in [0.1, 0.15) is 5.82 Å². The number of hydrogen-bond donors (Lipinski definition) is 1. The fourth-order valence-electron chi connectivity index (χ4n) is 1.40. The molecule has 0 unspecified atom stereocenters. The molecule has 1 heterocycles. The van der Waals surface area contributed by atoms with E-state index >= 15 is 0 Å². The lowest BCUT2D eigenvalue weighted by Gasteiger charge is -2.02. The Balaban J connectivity index is 2.16. The van der Waals surface area contributed by atoms with Crippen LogP contribution in [0.25, 0.3) is 0 Å². The van der Waals surface area contributed by atoms with E-state index in [2.05, 4.69) is 25.9 Å². The van der Waals surface area contributed by atoms with E-state index in [1.165, 1.54) is 0 Å². The van der Waals surface area contributed by atoms with E-state index < -0.39 is 0 Å². The van der Waals surface area contributed by atoms with Crippen LogP contribution in [0.4, 0.5) is 0 Å². The first-order valence-corrected chi connectivity index (χ1v) is 5.73. The Hall–Kier alpha value is -1.26. The molecule has 3 nitrogen and oxygen atoms in total. The SMILES string of the molecule is OCc1ccnc(Cc2ccc(Br)cc2)n1. The molecule has 16 heavy (non-hydrogen) atoms. The standard InChI is InChI=1S/C12H11BrN2O/c13-10-3-1-9(2-4-10)7-12-14-6-5-11(8-16)15-12/h1-6,16H,7-8H2. The first-order valence-electron chi connectivity index (χ1n) is 4.94. The fourth-order valence-corrected chi connectivity index (χ4v) is 1.66. The van der Waals surface area contributed by atoms with E-state index in [0.717, 1.165) is 15.9 Å². The normalized spacial score (nSPS) is 10.4. The molecule has 0 fully saturated rings. The van der Waals surface area contributed by atoms with Gasteiger partial charge >= 0.3 is 0 Å². The minimum Gasteiger partial charge on any atom is -0.390 e. The molecular weight excluding hydrogens is 268 g/mol. The van der Waals surface area contributed by atoms with Crippen LogP contribution < -0.4 is 0 Å². The van der Waals surface area contributed by atoms with E-state index in [1.807, 2.05) is 24.3 Å². The molecular formula is C12H11BrN2O. The Morgan fingerprint density at radius 2 is 1.88 bits per heavy atom. The summed E-state index contributed by atoms with van der Waals surface area (Å²) >= 11 is 3.39. The van der Waals surface area contributed by atoms with Crippen molar-refractivity contribution < 1.29 is 5.11 Å². The first kappa shape index (κ1) is 11.2. The molecule has 0 spiro atoms. The predicted octanol–water partition coefficient (Wildman–Crippen LogP) is 2.32. The summed E-state index contributed by atoms with van der Waals surface area (Å²) in [5.41, 5.74) is 1.81. The number of aliphatic hydroxyl groups is 1. The largest absolute Gasteiger partial charge is 0.390 e. The van der Waals surface area contributed by atoms with Crippen LogP contribution in [0.15, 0.2) is 41.0 Å². The van der Waals surface area contributed by atoms with Gasteiger partial charge in [-0.15, -0.1) is 0 Å². The highest BCUT2D eigenvalue weighted by Gasteiger charge is 2.00. The van der Waals surface area contributed by atoms with Crippen LogP contribution in [0.1, 0.15) is 17.1 Å². The highest BCUT2D eigenvalue weighted by atomic mass is 79.9. The minimum atomic E-state index is -0.0458. The molecule has 2 rings (SSSR count). The zero-order valence-electron chi connectivity index (χ0n) is 8.60. The second kappa shape index (κ2) is 5.18. The Morgan fingerprint density at radius 3 is 2.56 bits per heavy atom. The maximum atomic E-state index is 8.97. The van der Waals surface area contributed by atoms with Crippen LogP contribution in [-0.4, -0.2) is 15.1 Å². The predicted molar refractivity (Wildman–Crippen MR) is 64.9 cm³/mol. The summed E-state index contributed by atoms with van der Waals surface area (Å²) < 4.78 is 1.06. The molecule has 0 aliphatic rings. The van der Waals surface area contributed by atoms with Crippen molar-refractivity contribution >= 4 is 15.9 Å². The van der Waals surface area contributed by atoms with Gasteiger partial charge in [-0.1, -0.05) is 28.1 Å². The van der Waals surface area contributed by atoms with Crippen molar-refractivity contribution in [3.63, 3.8) is 0 Å². The Morgan fingerprint density at radius 1 is 1.12 bits per heavy atom. The number of hydrogen-bond acceptors (Lipinski definition) is 3. The quantitative estimate of drug-likeness (QED) is 0.937. The Kier molecular flexibility index (Phi) is 3.64. The molecule has 0 aliphatic carbocycles. The van der Waals surface area contributed by atoms with E-state index in [0.29, 0.717) is 12.1 Å². The second-order valence-electron chi connectivity index (χ2n) is 3.43. The summed E-state index contributed by atoms with van der Waals surface area (Å²) in [5, 5.41) is 8.97. The zero-order chi connectivity index (χ0) is 11.4. The maximum absolute atomic E-state index is 8.97. The fraction of sp³-hybridized carbons (Fsp3) is 0.167. The van der Waals surface area contributed by atoms with E-state index in [-0.39, 0.29) is 6.61 Å². The number of aromatic nitrogens is 2. The molecule has 0 saturated carbocycles. The molecule has 82 valence electrons. The summed E-state index contributed by atoms with van der Waals surface area (Å²) in [6.07, 6.45) is 2.36. The van der Waals surface area contributed by atoms with E-state index in [4.69, 9.17) is 5.11 Å². The Bertz CT molecular complexity index is 471. The van der Waals surface area contributed by atoms with Gasteiger partial charge in [0.05, 0.1) is 12.3 Å². The van der Waals surface area contributed by atoms with Crippen molar-refractivity contribution in [2.24, 2.45) is 0 Å². The molecule has 1 aromatic heterocycles. The molecule has 0 radical (unpaired) electrons. The van der Waals surface area contributed by atoms with E-state index in [1.54, 1.807) is 12.3 Å². The van der Waals surface area contributed by atoms with Gasteiger partial charge in [0, 0.05) is 17.1 Å². The highest BCUT2D eigenvalue weighted by molar-refractivity contribution is 9.10. The summed E-state index contributed by atoms with van der Waals surface area (Å²) in [6.45, 7) is -0.0458. The summed E-state index contributed by atoms with van der Waals surface area (Å²) in [7, 11) is 0. The molecule has 1 aromatic carbocycles. The molecule has 0 aliphatic heterocycles. The third-order valence-electron chi connectivity index (χ3n) is 2.20. The number of rotatable bonds is 3. The van der Waals surface area contributed by atoms with Gasteiger partial charge in [-0.3, -0.25) is 0 Å². The molecule has 0 atom stereocenters. The molecule has 2 aromatic rings. The van der Waals surface area contributed by atoms with Crippen molar-refractivity contribution in [2.45, 2.75) is 13.0 Å². The number of aliphatic hydroxyl groups excluding tert-OH is 1. The third kappa shape index (κ3) is 2.87. The topological polar surface area (TPSA) is 46.0 Å². The average molecular weight is 279 g/mol. The number of halogens is 1. The van der Waals surface area contributed by atoms with Gasteiger partial charge in [-0.2, -0.15) is 0 Å². The van der Waals surface area contributed by atoms with Crippen LogP contribution >= 0.6 is 15.9 Å². The van der Waals surface area contributed by atoms with Crippen LogP contribution in [-0.2, 0) is 13.0 Å². The van der Waals surface area contributed by atoms with Gasteiger partial charge in [0.25, 0.3) is 0 Å². The van der Waals surface area contributed by atoms with Crippen LogP contribution in [0, 0.1) is 0 Å². The van der Waals surface area contributed by atoms with Crippen molar-refractivity contribution in [1.82, 2.24) is 9.97 Å². The zero-order valence-corrected chi connectivity index (χ0v) is 10.2. The average Bonchev–Trinajstić information content (AvgIpc) is 2.32. The summed E-state index contributed by atoms with van der Waals surface area (Å²) in [6, 6.07) is 9.75. The lowest BCUT2D eigenvalue weighted by molar-refractivity contribution is 0.276. The van der Waals surface area contributed by atoms with E-state index in [9.17, 15) is 0 Å². The monoisotopic (exact) mass is 278 g/mol. The van der Waals surface area contributed by atoms with Gasteiger partial charge in [-0.25, -0.2) is 9.97 Å². The molecule has 1 N–H and O–H groups in total. The lowest BCUT2D eigenvalue weighted by Crippen LogP contribution is -1.99. The van der Waals surface area contributed by atoms with Crippen LogP contribution in [0.3, 0.4) is 0 Å². The van der Waals surface area contributed by atoms with Crippen molar-refractivity contribution in [1.29, 1.82) is 0 Å². The highest BCUT2D eigenvalue weighted by Crippen LogP contribution is 2.12. The Labute approximate surface area is 102 Å². The van der Waals surface area contributed by atoms with Crippen LogP contribution in [0.2, 0.25) is 0 Å². The molecule has 0 bridgehead atoms. The smallest absolute Gasteiger partial charge is 0.132 e. The van der Waals surface area contributed by atoms with Gasteiger partial charge < -0.3 is 5.11 Å². The van der Waals surface area contributed by atoms with Crippen molar-refractivity contribution in [2.75, 3.05) is 0 Å². The van der Waals surface area contributed by atoms with Gasteiger partial charge in [0.2, 0.25) is 0 Å². The van der Waals surface area contributed by atoms with Gasteiger partial charge in [0.15, 0.2) is 0 Å². The van der Waals surface area contributed by atoms with Crippen LogP contribution in [0.5, 0.6) is 0 Å². The maximum Gasteiger partial charge on any atom is 0.132 e.